The summed E-state index contributed by atoms with van der Waals surface area (Å²) in [5, 5.41) is 3.26. The minimum atomic E-state index is -3.67. The minimum absolute atomic E-state index is 0.00750. The van der Waals surface area contributed by atoms with E-state index in [1.807, 2.05) is 0 Å². The fourth-order valence-corrected chi connectivity index (χ4v) is 7.96. The van der Waals surface area contributed by atoms with Crippen molar-refractivity contribution in [1.82, 2.24) is 20.1 Å². The van der Waals surface area contributed by atoms with Crippen LogP contribution in [0.5, 0.6) is 0 Å². The molecule has 2 aromatic rings. The number of hydrazine groups is 1. The van der Waals surface area contributed by atoms with Gasteiger partial charge in [0.05, 0.1) is 10.5 Å². The maximum Gasteiger partial charge on any atom is 0.272 e. The number of thiophene rings is 1. The van der Waals surface area contributed by atoms with E-state index in [4.69, 9.17) is 0 Å². The normalized spacial score (nSPS) is 16.5. The van der Waals surface area contributed by atoms with Crippen molar-refractivity contribution < 1.29 is 22.8 Å². The van der Waals surface area contributed by atoms with Gasteiger partial charge in [-0.1, -0.05) is 26.2 Å². The molecule has 1 saturated carbocycles. The topological polar surface area (TPSA) is 128 Å². The summed E-state index contributed by atoms with van der Waals surface area (Å²) in [4.78, 5) is 41.0. The SMILES string of the molecule is CCCN1CCc2c(sc(NC(=O)c3ccc(S(=O)(=O)N(C)C4CCCCC4)cc3)c2C(=O)NNC(C)=O)C1. The predicted octanol–water partition coefficient (Wildman–Crippen LogP) is 3.50. The van der Waals surface area contributed by atoms with Gasteiger partial charge in [0.1, 0.15) is 5.00 Å². The number of fused-ring (bicyclic) bond motifs is 1. The number of sulfonamides is 1. The zero-order valence-electron chi connectivity index (χ0n) is 22.7. The molecule has 0 unspecified atom stereocenters. The molecular formula is C27H37N5O5S2. The number of nitrogens with one attached hydrogen (secondary N) is 3. The van der Waals surface area contributed by atoms with E-state index in [-0.39, 0.29) is 16.5 Å². The Bertz CT molecular complexity index is 1320. The number of hydrogen-bond donors (Lipinski definition) is 3. The molecule has 4 rings (SSSR count). The van der Waals surface area contributed by atoms with Gasteiger partial charge in [-0.25, -0.2) is 8.42 Å². The first-order chi connectivity index (χ1) is 18.6. The van der Waals surface area contributed by atoms with Gasteiger partial charge in [0.25, 0.3) is 11.8 Å². The molecule has 0 radical (unpaired) electrons. The molecule has 1 aromatic heterocycles. The largest absolute Gasteiger partial charge is 0.313 e. The third-order valence-corrected chi connectivity index (χ3v) is 10.4. The lowest BCUT2D eigenvalue weighted by atomic mass is 9.96. The van der Waals surface area contributed by atoms with Crippen molar-refractivity contribution in [1.29, 1.82) is 0 Å². The van der Waals surface area contributed by atoms with Gasteiger partial charge in [-0.2, -0.15) is 4.31 Å². The van der Waals surface area contributed by atoms with Crippen molar-refractivity contribution in [3.63, 3.8) is 0 Å². The van der Waals surface area contributed by atoms with Crippen LogP contribution in [0.1, 0.15) is 83.5 Å². The number of rotatable bonds is 8. The van der Waals surface area contributed by atoms with Crippen LogP contribution in [0, 0.1) is 0 Å². The third-order valence-electron chi connectivity index (χ3n) is 7.36. The lowest BCUT2D eigenvalue weighted by molar-refractivity contribution is -0.119. The first kappa shape index (κ1) is 29.2. The number of nitrogens with zero attached hydrogens (tertiary/aromatic N) is 2. The van der Waals surface area contributed by atoms with Crippen molar-refractivity contribution in [2.24, 2.45) is 0 Å². The van der Waals surface area contributed by atoms with Gasteiger partial charge in [0, 0.05) is 43.5 Å². The molecule has 0 atom stereocenters. The Kier molecular flexibility index (Phi) is 9.42. The summed E-state index contributed by atoms with van der Waals surface area (Å²) in [5.41, 5.74) is 6.24. The predicted molar refractivity (Wildman–Crippen MR) is 151 cm³/mol. The maximum atomic E-state index is 13.2. The van der Waals surface area contributed by atoms with Crippen molar-refractivity contribution in [3.8, 4) is 0 Å². The highest BCUT2D eigenvalue weighted by atomic mass is 32.2. The van der Waals surface area contributed by atoms with E-state index in [9.17, 15) is 22.8 Å². The Labute approximate surface area is 234 Å². The highest BCUT2D eigenvalue weighted by Gasteiger charge is 2.31. The van der Waals surface area contributed by atoms with Gasteiger partial charge in [-0.3, -0.25) is 30.1 Å². The van der Waals surface area contributed by atoms with Crippen LogP contribution in [-0.2, 0) is 27.8 Å². The monoisotopic (exact) mass is 575 g/mol. The minimum Gasteiger partial charge on any atom is -0.313 e. The Morgan fingerprint density at radius 3 is 2.38 bits per heavy atom. The second kappa shape index (κ2) is 12.6. The van der Waals surface area contributed by atoms with Crippen LogP contribution < -0.4 is 16.2 Å². The molecule has 10 nitrogen and oxygen atoms in total. The van der Waals surface area contributed by atoms with Crippen LogP contribution in [0.25, 0.3) is 0 Å². The number of carbonyl (C=O) groups is 3. The van der Waals surface area contributed by atoms with E-state index in [2.05, 4.69) is 28.0 Å². The van der Waals surface area contributed by atoms with Gasteiger partial charge in [0.2, 0.25) is 15.9 Å². The molecule has 0 bridgehead atoms. The van der Waals surface area contributed by atoms with Gasteiger partial charge in [-0.15, -0.1) is 11.3 Å². The molecule has 3 amide bonds. The lowest BCUT2D eigenvalue weighted by Crippen LogP contribution is -2.41. The summed E-state index contributed by atoms with van der Waals surface area (Å²) in [5.74, 6) is -1.34. The van der Waals surface area contributed by atoms with Crippen LogP contribution in [0.4, 0.5) is 5.00 Å². The molecular weight excluding hydrogens is 538 g/mol. The molecule has 212 valence electrons. The third kappa shape index (κ3) is 6.68. The van der Waals surface area contributed by atoms with Crippen molar-refractivity contribution >= 4 is 44.1 Å². The average molecular weight is 576 g/mol. The Balaban J connectivity index is 1.54. The van der Waals surface area contributed by atoms with Crippen molar-refractivity contribution in [2.75, 3.05) is 25.5 Å². The smallest absolute Gasteiger partial charge is 0.272 e. The van der Waals surface area contributed by atoms with Crippen LogP contribution in [0.3, 0.4) is 0 Å². The Morgan fingerprint density at radius 2 is 1.74 bits per heavy atom. The van der Waals surface area contributed by atoms with Crippen molar-refractivity contribution in [2.45, 2.75) is 76.3 Å². The fourth-order valence-electron chi connectivity index (χ4n) is 5.26. The number of amides is 3. The standard InChI is InChI=1S/C27H37N5O5S2/c1-4-15-32-16-14-22-23(17-32)38-27(24(22)26(35)30-29-18(2)33)28-25(34)19-10-12-21(13-11-19)39(36,37)31(3)20-8-6-5-7-9-20/h10-13,20H,4-9,14-17H2,1-3H3,(H,28,34)(H,29,33)(H,30,35). The van der Waals surface area contributed by atoms with Gasteiger partial charge >= 0.3 is 0 Å². The molecule has 0 spiro atoms. The molecule has 1 aliphatic heterocycles. The summed E-state index contributed by atoms with van der Waals surface area (Å²) in [6.45, 7) is 5.84. The molecule has 1 fully saturated rings. The molecule has 2 heterocycles. The summed E-state index contributed by atoms with van der Waals surface area (Å²) in [7, 11) is -2.05. The molecule has 2 aliphatic rings. The zero-order chi connectivity index (χ0) is 28.2. The number of benzene rings is 1. The van der Waals surface area contributed by atoms with Crippen LogP contribution in [0.2, 0.25) is 0 Å². The van der Waals surface area contributed by atoms with Crippen LogP contribution in [0.15, 0.2) is 29.2 Å². The van der Waals surface area contributed by atoms with E-state index in [0.29, 0.717) is 23.5 Å². The van der Waals surface area contributed by atoms with Crippen LogP contribution >= 0.6 is 11.3 Å². The van der Waals surface area contributed by atoms with Gasteiger partial charge < -0.3 is 5.32 Å². The van der Waals surface area contributed by atoms with E-state index in [0.717, 1.165) is 62.1 Å². The highest BCUT2D eigenvalue weighted by molar-refractivity contribution is 7.89. The summed E-state index contributed by atoms with van der Waals surface area (Å²) in [6.07, 6.45) is 6.57. The first-order valence-corrected chi connectivity index (χ1v) is 15.7. The zero-order valence-corrected chi connectivity index (χ0v) is 24.3. The van der Waals surface area contributed by atoms with E-state index >= 15 is 0 Å². The second-order valence-electron chi connectivity index (χ2n) is 10.2. The second-order valence-corrected chi connectivity index (χ2v) is 13.3. The molecule has 1 aromatic carbocycles. The van der Waals surface area contributed by atoms with E-state index < -0.39 is 27.7 Å². The molecule has 12 heteroatoms. The number of carbonyl (C=O) groups excluding carboxylic acids is 3. The van der Waals surface area contributed by atoms with Crippen LogP contribution in [-0.4, -0.2) is 61.5 Å². The quantitative estimate of drug-likeness (QED) is 0.414. The maximum absolute atomic E-state index is 13.2. The van der Waals surface area contributed by atoms with E-state index in [1.54, 1.807) is 7.05 Å². The summed E-state index contributed by atoms with van der Waals surface area (Å²) >= 11 is 1.35. The number of anilines is 1. The summed E-state index contributed by atoms with van der Waals surface area (Å²) in [6, 6.07) is 5.88. The average Bonchev–Trinajstić information content (AvgIpc) is 3.29. The number of hydrogen-bond acceptors (Lipinski definition) is 7. The van der Waals surface area contributed by atoms with Crippen molar-refractivity contribution in [3.05, 3.63) is 45.8 Å². The summed E-state index contributed by atoms with van der Waals surface area (Å²) < 4.78 is 27.8. The molecule has 1 aliphatic carbocycles. The lowest BCUT2D eigenvalue weighted by Gasteiger charge is -2.30. The Morgan fingerprint density at radius 1 is 1.05 bits per heavy atom. The molecule has 0 saturated heterocycles. The first-order valence-electron chi connectivity index (χ1n) is 13.4. The highest BCUT2D eigenvalue weighted by Crippen LogP contribution is 2.37. The van der Waals surface area contributed by atoms with Gasteiger partial charge in [0.15, 0.2) is 0 Å². The van der Waals surface area contributed by atoms with Gasteiger partial charge in [-0.05, 0) is 62.1 Å². The molecule has 39 heavy (non-hydrogen) atoms. The van der Waals surface area contributed by atoms with E-state index in [1.165, 1.54) is 46.8 Å². The fraction of sp³-hybridized carbons (Fsp3) is 0.519. The molecule has 3 N–H and O–H groups in total. The Hall–Kier alpha value is -2.80.